The van der Waals surface area contributed by atoms with Crippen molar-refractivity contribution < 1.29 is 19.1 Å². The predicted molar refractivity (Wildman–Crippen MR) is 69.8 cm³/mol. The highest BCUT2D eigenvalue weighted by Gasteiger charge is 2.11. The number of esters is 2. The lowest BCUT2D eigenvalue weighted by Gasteiger charge is -2.17. The van der Waals surface area contributed by atoms with Gasteiger partial charge in [-0.3, -0.25) is 4.79 Å². The Morgan fingerprint density at radius 2 is 1.95 bits per heavy atom. The van der Waals surface area contributed by atoms with Crippen LogP contribution in [0.5, 0.6) is 0 Å². The van der Waals surface area contributed by atoms with E-state index in [9.17, 15) is 9.59 Å². The molecule has 0 N–H and O–H groups in total. The Morgan fingerprint density at radius 3 is 2.53 bits per heavy atom. The third kappa shape index (κ3) is 5.94. The van der Waals surface area contributed by atoms with E-state index < -0.39 is 5.97 Å². The highest BCUT2D eigenvalue weighted by atomic mass is 16.6. The number of hydrogen-bond acceptors (Lipinski definition) is 6. The molecule has 0 aromatic heterocycles. The molecule has 1 aliphatic heterocycles. The van der Waals surface area contributed by atoms with E-state index in [1.165, 1.54) is 0 Å². The summed E-state index contributed by atoms with van der Waals surface area (Å²) in [5.41, 5.74) is 0.330. The molecule has 0 aromatic rings. The largest absolute Gasteiger partial charge is 0.462 e. The average molecular weight is 268 g/mol. The first-order valence-electron chi connectivity index (χ1n) is 6.10. The highest BCUT2D eigenvalue weighted by molar-refractivity contribution is 5.86. The summed E-state index contributed by atoms with van der Waals surface area (Å²) in [5.74, 6) is -0.768. The molecule has 0 aliphatic carbocycles. The third-order valence-corrected chi connectivity index (χ3v) is 2.47. The summed E-state index contributed by atoms with van der Waals surface area (Å²) in [7, 11) is 1.96. The summed E-state index contributed by atoms with van der Waals surface area (Å²) in [5, 5.41) is 0. The van der Waals surface area contributed by atoms with Crippen molar-refractivity contribution in [3.05, 3.63) is 24.6 Å². The van der Waals surface area contributed by atoms with Gasteiger partial charge < -0.3 is 19.3 Å². The van der Waals surface area contributed by atoms with Crippen LogP contribution >= 0.6 is 0 Å². The Morgan fingerprint density at radius 1 is 1.26 bits per heavy atom. The maximum Gasteiger partial charge on any atom is 0.333 e. The first-order chi connectivity index (χ1) is 8.99. The number of rotatable bonds is 7. The van der Waals surface area contributed by atoms with E-state index in [2.05, 4.69) is 6.58 Å². The average Bonchev–Trinajstić information content (AvgIpc) is 2.77. The van der Waals surface area contributed by atoms with Crippen LogP contribution in [-0.4, -0.2) is 55.2 Å². The van der Waals surface area contributed by atoms with Gasteiger partial charge in [-0.05, 0) is 6.92 Å². The Balaban J connectivity index is 2.04. The molecular weight excluding hydrogens is 248 g/mol. The summed E-state index contributed by atoms with van der Waals surface area (Å²) in [4.78, 5) is 26.5. The van der Waals surface area contributed by atoms with Gasteiger partial charge in [0.25, 0.3) is 0 Å². The fourth-order valence-corrected chi connectivity index (χ4v) is 1.45. The summed E-state index contributed by atoms with van der Waals surface area (Å²) in [6.45, 7) is 6.55. The van der Waals surface area contributed by atoms with Crippen molar-refractivity contribution in [2.24, 2.45) is 0 Å². The lowest BCUT2D eigenvalue weighted by atomic mass is 10.4. The van der Waals surface area contributed by atoms with Crippen molar-refractivity contribution in [3.63, 3.8) is 0 Å². The van der Waals surface area contributed by atoms with Crippen molar-refractivity contribution in [1.82, 2.24) is 9.80 Å². The van der Waals surface area contributed by atoms with E-state index in [-0.39, 0.29) is 19.2 Å². The second-order valence-corrected chi connectivity index (χ2v) is 4.40. The van der Waals surface area contributed by atoms with Gasteiger partial charge in [-0.2, -0.15) is 0 Å². The number of hydrogen-bond donors (Lipinski definition) is 0. The molecule has 1 heterocycles. The molecule has 0 fully saturated rings. The van der Waals surface area contributed by atoms with Gasteiger partial charge in [-0.25, -0.2) is 4.79 Å². The molecule has 0 atom stereocenters. The van der Waals surface area contributed by atoms with Gasteiger partial charge in [0.1, 0.15) is 13.2 Å². The van der Waals surface area contributed by atoms with Crippen molar-refractivity contribution in [1.29, 1.82) is 0 Å². The second-order valence-electron chi connectivity index (χ2n) is 4.40. The molecule has 0 amide bonds. The van der Waals surface area contributed by atoms with Crippen LogP contribution in [0.15, 0.2) is 24.6 Å². The van der Waals surface area contributed by atoms with Crippen LogP contribution < -0.4 is 0 Å². The van der Waals surface area contributed by atoms with Crippen LogP contribution in [0, 0.1) is 0 Å². The van der Waals surface area contributed by atoms with E-state index in [4.69, 9.17) is 9.47 Å². The van der Waals surface area contributed by atoms with Crippen molar-refractivity contribution in [2.45, 2.75) is 13.3 Å². The maximum atomic E-state index is 11.4. The summed E-state index contributed by atoms with van der Waals surface area (Å²) >= 11 is 0. The smallest absolute Gasteiger partial charge is 0.333 e. The number of ether oxygens (including phenoxy) is 2. The topological polar surface area (TPSA) is 59.1 Å². The molecule has 6 heteroatoms. The fraction of sp³-hybridized carbons (Fsp3) is 0.538. The van der Waals surface area contributed by atoms with Crippen LogP contribution in [0.1, 0.15) is 13.3 Å². The zero-order valence-electron chi connectivity index (χ0n) is 11.4. The Hall–Kier alpha value is -1.98. The van der Waals surface area contributed by atoms with Gasteiger partial charge in [-0.1, -0.05) is 6.58 Å². The van der Waals surface area contributed by atoms with E-state index in [1.807, 2.05) is 29.2 Å². The van der Waals surface area contributed by atoms with Gasteiger partial charge in [0.15, 0.2) is 0 Å². The normalized spacial score (nSPS) is 13.6. The lowest BCUT2D eigenvalue weighted by Crippen LogP contribution is -2.25. The van der Waals surface area contributed by atoms with Gasteiger partial charge in [0.2, 0.25) is 0 Å². The van der Waals surface area contributed by atoms with Crippen LogP contribution in [-0.2, 0) is 19.1 Å². The third-order valence-electron chi connectivity index (χ3n) is 2.47. The van der Waals surface area contributed by atoms with Crippen molar-refractivity contribution in [2.75, 3.05) is 33.5 Å². The standard InChI is InChI=1S/C13H20N2O4/c1-11(2)13(17)19-9-8-18-12(16)4-5-15-7-6-14(3)10-15/h6-7H,1,4-5,8-10H2,2-3H3. The minimum absolute atomic E-state index is 0.0593. The van der Waals surface area contributed by atoms with Gasteiger partial charge in [-0.15, -0.1) is 0 Å². The van der Waals surface area contributed by atoms with Crippen molar-refractivity contribution in [3.8, 4) is 0 Å². The van der Waals surface area contributed by atoms with Crippen LogP contribution in [0.25, 0.3) is 0 Å². The summed E-state index contributed by atoms with van der Waals surface area (Å²) in [6, 6.07) is 0. The molecule has 0 bridgehead atoms. The zero-order valence-corrected chi connectivity index (χ0v) is 11.4. The minimum Gasteiger partial charge on any atom is -0.462 e. The number of nitrogens with zero attached hydrogens (tertiary/aromatic N) is 2. The van der Waals surface area contributed by atoms with Crippen LogP contribution in [0.2, 0.25) is 0 Å². The van der Waals surface area contributed by atoms with Crippen molar-refractivity contribution >= 4 is 11.9 Å². The maximum absolute atomic E-state index is 11.4. The molecular formula is C13H20N2O4. The highest BCUT2D eigenvalue weighted by Crippen LogP contribution is 2.04. The lowest BCUT2D eigenvalue weighted by molar-refractivity contribution is -0.150. The SMILES string of the molecule is C=C(C)C(=O)OCCOC(=O)CCN1C=CN(C)C1. The van der Waals surface area contributed by atoms with Crippen LogP contribution in [0.3, 0.4) is 0 Å². The molecule has 19 heavy (non-hydrogen) atoms. The summed E-state index contributed by atoms with van der Waals surface area (Å²) < 4.78 is 9.75. The quantitative estimate of drug-likeness (QED) is 0.385. The number of carbonyl (C=O) groups excluding carboxylic acids is 2. The molecule has 0 saturated heterocycles. The summed E-state index contributed by atoms with van der Waals surface area (Å²) in [6.07, 6.45) is 4.19. The molecule has 6 nitrogen and oxygen atoms in total. The van der Waals surface area contributed by atoms with Gasteiger partial charge in [0, 0.05) is 31.6 Å². The first kappa shape index (κ1) is 15.1. The van der Waals surface area contributed by atoms with E-state index in [0.29, 0.717) is 18.5 Å². The molecule has 0 radical (unpaired) electrons. The monoisotopic (exact) mass is 268 g/mol. The van der Waals surface area contributed by atoms with E-state index >= 15 is 0 Å². The molecule has 106 valence electrons. The number of carbonyl (C=O) groups is 2. The zero-order chi connectivity index (χ0) is 14.3. The molecule has 0 aromatic carbocycles. The minimum atomic E-state index is -0.471. The molecule has 1 aliphatic rings. The molecule has 0 saturated carbocycles. The van der Waals surface area contributed by atoms with Crippen LogP contribution in [0.4, 0.5) is 0 Å². The van der Waals surface area contributed by atoms with Gasteiger partial charge in [0.05, 0.1) is 13.1 Å². The van der Waals surface area contributed by atoms with E-state index in [1.54, 1.807) is 6.92 Å². The fourth-order valence-electron chi connectivity index (χ4n) is 1.45. The Bertz CT molecular complexity index is 379. The first-order valence-corrected chi connectivity index (χ1v) is 6.10. The molecule has 1 rings (SSSR count). The Kier molecular flexibility index (Phi) is 5.92. The second kappa shape index (κ2) is 7.45. The molecule has 0 spiro atoms. The van der Waals surface area contributed by atoms with Gasteiger partial charge >= 0.3 is 11.9 Å². The molecule has 0 unspecified atom stereocenters. The van der Waals surface area contributed by atoms with E-state index in [0.717, 1.165) is 6.67 Å². The Labute approximate surface area is 113 Å². The predicted octanol–water partition coefficient (Wildman–Crippen LogP) is 0.715.